The molecule has 4 rings (SSSR count). The standard InChI is InChI=1S/C19H12FN3O4/c1-11-10-12(20)6-7-16(11)22-9-8-15(21-22)19(26)27-23-17(24)13-4-2-3-5-14(13)18(23)25/h2-10H,1H3. The molecule has 0 unspecified atom stereocenters. The van der Waals surface area contributed by atoms with Crippen molar-refractivity contribution < 1.29 is 23.6 Å². The smallest absolute Gasteiger partial charge is 0.322 e. The molecule has 2 aromatic carbocycles. The first-order valence-electron chi connectivity index (χ1n) is 7.98. The van der Waals surface area contributed by atoms with E-state index < -0.39 is 17.8 Å². The van der Waals surface area contributed by atoms with Crippen molar-refractivity contribution in [2.75, 3.05) is 0 Å². The molecule has 0 spiro atoms. The molecule has 134 valence electrons. The zero-order chi connectivity index (χ0) is 19.1. The largest absolute Gasteiger partial charge is 0.384 e. The summed E-state index contributed by atoms with van der Waals surface area (Å²) in [6.07, 6.45) is 1.50. The number of hydroxylamine groups is 2. The first-order valence-corrected chi connectivity index (χ1v) is 7.98. The van der Waals surface area contributed by atoms with E-state index in [4.69, 9.17) is 4.84 Å². The Kier molecular flexibility index (Phi) is 3.80. The van der Waals surface area contributed by atoms with Crippen LogP contribution in [0.15, 0.2) is 54.7 Å². The van der Waals surface area contributed by atoms with Crippen molar-refractivity contribution in [3.8, 4) is 5.69 Å². The maximum Gasteiger partial charge on any atom is 0.384 e. The summed E-state index contributed by atoms with van der Waals surface area (Å²) in [6.45, 7) is 1.71. The molecule has 0 bridgehead atoms. The zero-order valence-electron chi connectivity index (χ0n) is 14.0. The summed E-state index contributed by atoms with van der Waals surface area (Å²) < 4.78 is 14.6. The maximum atomic E-state index is 13.2. The minimum atomic E-state index is -0.956. The fourth-order valence-corrected chi connectivity index (χ4v) is 2.82. The normalized spacial score (nSPS) is 13.0. The molecule has 0 fully saturated rings. The van der Waals surface area contributed by atoms with Crippen LogP contribution in [0, 0.1) is 12.7 Å². The Labute approximate surface area is 152 Å². The van der Waals surface area contributed by atoms with Gasteiger partial charge >= 0.3 is 5.97 Å². The van der Waals surface area contributed by atoms with Crippen LogP contribution in [0.3, 0.4) is 0 Å². The summed E-state index contributed by atoms with van der Waals surface area (Å²) >= 11 is 0. The number of carbonyl (C=O) groups excluding carboxylic acids is 3. The molecule has 27 heavy (non-hydrogen) atoms. The Hall–Kier alpha value is -3.81. The fraction of sp³-hybridized carbons (Fsp3) is 0.0526. The predicted molar refractivity (Wildman–Crippen MR) is 90.6 cm³/mol. The highest BCUT2D eigenvalue weighted by Crippen LogP contribution is 2.23. The van der Waals surface area contributed by atoms with Crippen molar-refractivity contribution in [1.82, 2.24) is 14.8 Å². The van der Waals surface area contributed by atoms with Gasteiger partial charge in [-0.05, 0) is 48.9 Å². The maximum absolute atomic E-state index is 13.2. The second-order valence-corrected chi connectivity index (χ2v) is 5.91. The van der Waals surface area contributed by atoms with Gasteiger partial charge in [-0.15, -0.1) is 0 Å². The molecule has 1 aliphatic heterocycles. The molecular weight excluding hydrogens is 353 g/mol. The van der Waals surface area contributed by atoms with Crippen LogP contribution >= 0.6 is 0 Å². The van der Waals surface area contributed by atoms with Crippen molar-refractivity contribution in [2.24, 2.45) is 0 Å². The fourth-order valence-electron chi connectivity index (χ4n) is 2.82. The molecule has 0 N–H and O–H groups in total. The number of aryl methyl sites for hydroxylation is 1. The quantitative estimate of drug-likeness (QED) is 0.667. The highest BCUT2D eigenvalue weighted by molar-refractivity contribution is 6.21. The van der Waals surface area contributed by atoms with Gasteiger partial charge in [-0.25, -0.2) is 13.9 Å². The number of hydrogen-bond donors (Lipinski definition) is 0. The highest BCUT2D eigenvalue weighted by Gasteiger charge is 2.39. The lowest BCUT2D eigenvalue weighted by atomic mass is 10.1. The van der Waals surface area contributed by atoms with E-state index in [-0.39, 0.29) is 22.6 Å². The third-order valence-electron chi connectivity index (χ3n) is 4.13. The Bertz CT molecular complexity index is 1070. The van der Waals surface area contributed by atoms with Gasteiger partial charge in [0.2, 0.25) is 0 Å². The van der Waals surface area contributed by atoms with Gasteiger partial charge in [-0.1, -0.05) is 17.2 Å². The van der Waals surface area contributed by atoms with Gasteiger partial charge in [-0.2, -0.15) is 5.10 Å². The number of aromatic nitrogens is 2. The number of imide groups is 1. The lowest BCUT2D eigenvalue weighted by molar-refractivity contribution is -0.0588. The zero-order valence-corrected chi connectivity index (χ0v) is 14.0. The first kappa shape index (κ1) is 16.6. The number of halogens is 1. The SMILES string of the molecule is Cc1cc(F)ccc1-n1ccc(C(=O)ON2C(=O)c3ccccc3C2=O)n1. The number of amides is 2. The number of hydrogen-bond acceptors (Lipinski definition) is 5. The van der Waals surface area contributed by atoms with E-state index in [1.165, 1.54) is 47.3 Å². The molecule has 7 nitrogen and oxygen atoms in total. The molecule has 3 aromatic rings. The van der Waals surface area contributed by atoms with Crippen molar-refractivity contribution in [3.63, 3.8) is 0 Å². The minimum Gasteiger partial charge on any atom is -0.322 e. The van der Waals surface area contributed by atoms with E-state index in [9.17, 15) is 18.8 Å². The molecule has 0 radical (unpaired) electrons. The van der Waals surface area contributed by atoms with Gasteiger partial charge in [-0.3, -0.25) is 9.59 Å². The van der Waals surface area contributed by atoms with Gasteiger partial charge in [0.1, 0.15) is 5.82 Å². The number of benzene rings is 2. The monoisotopic (exact) mass is 365 g/mol. The molecule has 0 atom stereocenters. The summed E-state index contributed by atoms with van der Waals surface area (Å²) in [5.74, 6) is -2.76. The third kappa shape index (κ3) is 2.77. The molecule has 0 saturated heterocycles. The second-order valence-electron chi connectivity index (χ2n) is 5.91. The van der Waals surface area contributed by atoms with E-state index in [1.807, 2.05) is 0 Å². The molecule has 0 saturated carbocycles. The Morgan fingerprint density at radius 2 is 1.70 bits per heavy atom. The van der Waals surface area contributed by atoms with E-state index in [0.29, 0.717) is 16.3 Å². The van der Waals surface area contributed by atoms with Crippen LogP contribution in [0.2, 0.25) is 0 Å². The van der Waals surface area contributed by atoms with Crippen LogP contribution in [-0.2, 0) is 4.84 Å². The van der Waals surface area contributed by atoms with Gasteiger partial charge in [0.15, 0.2) is 5.69 Å². The van der Waals surface area contributed by atoms with Crippen LogP contribution in [-0.4, -0.2) is 32.6 Å². The van der Waals surface area contributed by atoms with Crippen molar-refractivity contribution in [1.29, 1.82) is 0 Å². The van der Waals surface area contributed by atoms with Gasteiger partial charge < -0.3 is 4.84 Å². The lowest BCUT2D eigenvalue weighted by Crippen LogP contribution is -2.32. The Morgan fingerprint density at radius 3 is 2.33 bits per heavy atom. The van der Waals surface area contributed by atoms with E-state index in [0.717, 1.165) is 0 Å². The molecule has 0 aliphatic carbocycles. The van der Waals surface area contributed by atoms with E-state index >= 15 is 0 Å². The highest BCUT2D eigenvalue weighted by atomic mass is 19.1. The van der Waals surface area contributed by atoms with E-state index in [1.54, 1.807) is 19.1 Å². The summed E-state index contributed by atoms with van der Waals surface area (Å²) in [4.78, 5) is 41.8. The van der Waals surface area contributed by atoms with Crippen LogP contribution < -0.4 is 0 Å². The van der Waals surface area contributed by atoms with Gasteiger partial charge in [0.05, 0.1) is 16.8 Å². The topological polar surface area (TPSA) is 81.5 Å². The molecule has 2 heterocycles. The van der Waals surface area contributed by atoms with Crippen molar-refractivity contribution >= 4 is 17.8 Å². The summed E-state index contributed by atoms with van der Waals surface area (Å²) in [7, 11) is 0. The van der Waals surface area contributed by atoms with E-state index in [2.05, 4.69) is 5.10 Å². The van der Waals surface area contributed by atoms with Crippen LogP contribution in [0.1, 0.15) is 36.8 Å². The molecule has 1 aromatic heterocycles. The number of rotatable bonds is 3. The number of carbonyl (C=O) groups is 3. The third-order valence-corrected chi connectivity index (χ3v) is 4.13. The van der Waals surface area contributed by atoms with Crippen LogP contribution in [0.5, 0.6) is 0 Å². The van der Waals surface area contributed by atoms with Crippen LogP contribution in [0.25, 0.3) is 5.69 Å². The van der Waals surface area contributed by atoms with Crippen molar-refractivity contribution in [3.05, 3.63) is 82.9 Å². The molecule has 1 aliphatic rings. The summed E-state index contributed by atoms with van der Waals surface area (Å²) in [5.41, 5.74) is 1.44. The Morgan fingerprint density at radius 1 is 1.04 bits per heavy atom. The molecule has 2 amide bonds. The minimum absolute atomic E-state index is 0.102. The summed E-state index contributed by atoms with van der Waals surface area (Å²) in [6, 6.07) is 11.7. The number of fused-ring (bicyclic) bond motifs is 1. The second kappa shape index (κ2) is 6.17. The average Bonchev–Trinajstić information content (AvgIpc) is 3.22. The van der Waals surface area contributed by atoms with Gasteiger partial charge in [0.25, 0.3) is 11.8 Å². The molecule has 8 heteroatoms. The first-order chi connectivity index (χ1) is 13.0. The summed E-state index contributed by atoms with van der Waals surface area (Å²) in [5, 5.41) is 4.51. The average molecular weight is 365 g/mol. The number of nitrogens with zero attached hydrogens (tertiary/aromatic N) is 3. The van der Waals surface area contributed by atoms with Gasteiger partial charge in [0, 0.05) is 6.20 Å². The molecular formula is C19H12FN3O4. The van der Waals surface area contributed by atoms with Crippen molar-refractivity contribution in [2.45, 2.75) is 6.92 Å². The Balaban J connectivity index is 1.56. The lowest BCUT2D eigenvalue weighted by Gasteiger charge is -2.11. The van der Waals surface area contributed by atoms with Crippen LogP contribution in [0.4, 0.5) is 4.39 Å². The predicted octanol–water partition coefficient (Wildman–Crippen LogP) is 2.69.